The second-order valence-corrected chi connectivity index (χ2v) is 5.70. The van der Waals surface area contributed by atoms with E-state index in [0.29, 0.717) is 12.6 Å². The van der Waals surface area contributed by atoms with Gasteiger partial charge in [0.15, 0.2) is 0 Å². The molecule has 4 heteroatoms. The van der Waals surface area contributed by atoms with Crippen LogP contribution in [0.5, 0.6) is 5.75 Å². The Morgan fingerprint density at radius 1 is 1.35 bits per heavy atom. The van der Waals surface area contributed by atoms with E-state index in [1.54, 1.807) is 0 Å². The highest BCUT2D eigenvalue weighted by Gasteiger charge is 2.20. The van der Waals surface area contributed by atoms with Gasteiger partial charge < -0.3 is 15.4 Å². The molecule has 0 radical (unpaired) electrons. The number of benzene rings is 1. The van der Waals surface area contributed by atoms with Crippen LogP contribution in [0.4, 0.5) is 0 Å². The molecule has 4 nitrogen and oxygen atoms in total. The summed E-state index contributed by atoms with van der Waals surface area (Å²) in [5.74, 6) is 0.930. The third-order valence-electron chi connectivity index (χ3n) is 3.96. The van der Waals surface area contributed by atoms with Crippen LogP contribution in [0.1, 0.15) is 18.9 Å². The molecule has 2 N–H and O–H groups in total. The van der Waals surface area contributed by atoms with Crippen LogP contribution in [0.3, 0.4) is 0 Å². The first-order valence-corrected chi connectivity index (χ1v) is 7.53. The first kappa shape index (κ1) is 15.3. The molecule has 2 rings (SSSR count). The van der Waals surface area contributed by atoms with Gasteiger partial charge in [0.05, 0.1) is 6.61 Å². The summed E-state index contributed by atoms with van der Waals surface area (Å²) < 4.78 is 5.80. The Bertz CT molecular complexity index is 410. The van der Waals surface area contributed by atoms with Crippen LogP contribution in [-0.4, -0.2) is 55.7 Å². The molecule has 1 aliphatic rings. The maximum absolute atomic E-state index is 5.80. The molecule has 1 fully saturated rings. The average Bonchev–Trinajstić information content (AvgIpc) is 2.45. The normalized spacial score (nSPS) is 21.1. The molecule has 0 bridgehead atoms. The van der Waals surface area contributed by atoms with E-state index in [9.17, 15) is 0 Å². The van der Waals surface area contributed by atoms with Crippen LogP contribution in [0.25, 0.3) is 0 Å². The lowest BCUT2D eigenvalue weighted by molar-refractivity contribution is 0.0945. The van der Waals surface area contributed by atoms with Gasteiger partial charge in [0.1, 0.15) is 5.75 Å². The summed E-state index contributed by atoms with van der Waals surface area (Å²) in [6, 6.07) is 8.70. The largest absolute Gasteiger partial charge is 0.494 e. The molecule has 1 aromatic rings. The SMILES string of the molecule is CC1CN(C)CCN1CCCOc1cccc(CN)c1. The summed E-state index contributed by atoms with van der Waals surface area (Å²) >= 11 is 0. The van der Waals surface area contributed by atoms with Crippen molar-refractivity contribution in [1.82, 2.24) is 9.80 Å². The predicted octanol–water partition coefficient (Wildman–Crippen LogP) is 1.55. The minimum Gasteiger partial charge on any atom is -0.494 e. The van der Waals surface area contributed by atoms with Crippen LogP contribution >= 0.6 is 0 Å². The van der Waals surface area contributed by atoms with Gasteiger partial charge in [-0.05, 0) is 38.1 Å². The first-order chi connectivity index (χ1) is 9.69. The Morgan fingerprint density at radius 2 is 2.20 bits per heavy atom. The molecular weight excluding hydrogens is 250 g/mol. The second-order valence-electron chi connectivity index (χ2n) is 5.70. The van der Waals surface area contributed by atoms with E-state index in [4.69, 9.17) is 10.5 Å². The van der Waals surface area contributed by atoms with E-state index in [0.717, 1.165) is 30.9 Å². The molecule has 1 saturated heterocycles. The molecule has 0 aliphatic carbocycles. The Hall–Kier alpha value is -1.10. The molecule has 1 atom stereocenters. The standard InChI is InChI=1S/C16H27N3O/c1-14-13-18(2)8-9-19(14)7-4-10-20-16-6-3-5-15(11-16)12-17/h3,5-6,11,14H,4,7-10,12-13,17H2,1-2H3. The zero-order valence-electron chi connectivity index (χ0n) is 12.7. The summed E-state index contributed by atoms with van der Waals surface area (Å²) in [6.45, 7) is 8.26. The molecule has 0 aromatic heterocycles. The minimum atomic E-state index is 0.565. The van der Waals surface area contributed by atoms with Gasteiger partial charge in [0, 0.05) is 38.8 Å². The zero-order valence-corrected chi connectivity index (χ0v) is 12.7. The summed E-state index contributed by atoms with van der Waals surface area (Å²) in [7, 11) is 2.20. The van der Waals surface area contributed by atoms with Crippen molar-refractivity contribution in [3.63, 3.8) is 0 Å². The molecule has 1 unspecified atom stereocenters. The van der Waals surface area contributed by atoms with Crippen molar-refractivity contribution in [2.24, 2.45) is 5.73 Å². The van der Waals surface area contributed by atoms with Crippen LogP contribution in [0, 0.1) is 0 Å². The molecule has 20 heavy (non-hydrogen) atoms. The molecule has 112 valence electrons. The number of nitrogens with zero attached hydrogens (tertiary/aromatic N) is 2. The highest BCUT2D eigenvalue weighted by atomic mass is 16.5. The van der Waals surface area contributed by atoms with E-state index >= 15 is 0 Å². The monoisotopic (exact) mass is 277 g/mol. The summed E-state index contributed by atoms with van der Waals surface area (Å²) in [5.41, 5.74) is 6.75. The third-order valence-corrected chi connectivity index (χ3v) is 3.96. The topological polar surface area (TPSA) is 41.7 Å². The Kier molecular flexibility index (Phi) is 5.83. The Balaban J connectivity index is 1.68. The number of nitrogens with two attached hydrogens (primary N) is 1. The maximum Gasteiger partial charge on any atom is 0.119 e. The highest BCUT2D eigenvalue weighted by molar-refractivity contribution is 5.28. The van der Waals surface area contributed by atoms with E-state index in [1.807, 2.05) is 24.3 Å². The Morgan fingerprint density at radius 3 is 2.95 bits per heavy atom. The lowest BCUT2D eigenvalue weighted by atomic mass is 10.2. The van der Waals surface area contributed by atoms with Gasteiger partial charge >= 0.3 is 0 Å². The quantitative estimate of drug-likeness (QED) is 0.801. The molecule has 1 aromatic carbocycles. The van der Waals surface area contributed by atoms with Gasteiger partial charge in [-0.3, -0.25) is 4.90 Å². The van der Waals surface area contributed by atoms with Gasteiger partial charge in [-0.15, -0.1) is 0 Å². The first-order valence-electron chi connectivity index (χ1n) is 7.53. The molecule has 0 saturated carbocycles. The van der Waals surface area contributed by atoms with Gasteiger partial charge in [-0.2, -0.15) is 0 Å². The van der Waals surface area contributed by atoms with E-state index in [-0.39, 0.29) is 0 Å². The highest BCUT2D eigenvalue weighted by Crippen LogP contribution is 2.13. The lowest BCUT2D eigenvalue weighted by Crippen LogP contribution is -2.50. The van der Waals surface area contributed by atoms with E-state index in [1.165, 1.54) is 19.6 Å². The fourth-order valence-corrected chi connectivity index (χ4v) is 2.73. The second kappa shape index (κ2) is 7.62. The number of likely N-dealkylation sites (N-methyl/N-ethyl adjacent to an activating group) is 1. The average molecular weight is 277 g/mol. The molecule has 1 heterocycles. The fraction of sp³-hybridized carbons (Fsp3) is 0.625. The number of ether oxygens (including phenoxy) is 1. The van der Waals surface area contributed by atoms with Crippen LogP contribution < -0.4 is 10.5 Å². The van der Waals surface area contributed by atoms with E-state index < -0.39 is 0 Å². The molecule has 0 amide bonds. The number of piperazine rings is 1. The summed E-state index contributed by atoms with van der Waals surface area (Å²) in [5, 5.41) is 0. The Labute approximate surface area is 122 Å². The number of hydrogen-bond donors (Lipinski definition) is 1. The lowest BCUT2D eigenvalue weighted by Gasteiger charge is -2.38. The summed E-state index contributed by atoms with van der Waals surface area (Å²) in [6.07, 6.45) is 1.07. The van der Waals surface area contributed by atoms with Crippen molar-refractivity contribution in [2.45, 2.75) is 25.9 Å². The van der Waals surface area contributed by atoms with Gasteiger partial charge in [0.2, 0.25) is 0 Å². The van der Waals surface area contributed by atoms with Gasteiger partial charge in [-0.25, -0.2) is 0 Å². The number of hydrogen-bond acceptors (Lipinski definition) is 4. The zero-order chi connectivity index (χ0) is 14.4. The molecule has 0 spiro atoms. The third kappa shape index (κ3) is 4.47. The van der Waals surface area contributed by atoms with Crippen molar-refractivity contribution in [1.29, 1.82) is 0 Å². The van der Waals surface area contributed by atoms with Crippen molar-refractivity contribution in [3.8, 4) is 5.75 Å². The molecular formula is C16H27N3O. The summed E-state index contributed by atoms with van der Waals surface area (Å²) in [4.78, 5) is 4.95. The van der Waals surface area contributed by atoms with Gasteiger partial charge in [0.25, 0.3) is 0 Å². The van der Waals surface area contributed by atoms with Crippen molar-refractivity contribution < 1.29 is 4.74 Å². The molecule has 1 aliphatic heterocycles. The fourth-order valence-electron chi connectivity index (χ4n) is 2.73. The van der Waals surface area contributed by atoms with Crippen molar-refractivity contribution >= 4 is 0 Å². The van der Waals surface area contributed by atoms with Crippen LogP contribution in [0.15, 0.2) is 24.3 Å². The van der Waals surface area contributed by atoms with Crippen LogP contribution in [-0.2, 0) is 6.54 Å². The smallest absolute Gasteiger partial charge is 0.119 e. The van der Waals surface area contributed by atoms with Crippen LogP contribution in [0.2, 0.25) is 0 Å². The van der Waals surface area contributed by atoms with Gasteiger partial charge in [-0.1, -0.05) is 12.1 Å². The minimum absolute atomic E-state index is 0.565. The van der Waals surface area contributed by atoms with Crippen molar-refractivity contribution in [2.75, 3.05) is 39.8 Å². The van der Waals surface area contributed by atoms with E-state index in [2.05, 4.69) is 23.8 Å². The maximum atomic E-state index is 5.80. The van der Waals surface area contributed by atoms with Crippen molar-refractivity contribution in [3.05, 3.63) is 29.8 Å². The number of rotatable bonds is 6. The predicted molar refractivity (Wildman–Crippen MR) is 83.0 cm³/mol.